The van der Waals surface area contributed by atoms with Crippen LogP contribution in [0.4, 0.5) is 0 Å². The summed E-state index contributed by atoms with van der Waals surface area (Å²) in [4.78, 5) is 0. The first-order valence-electron chi connectivity index (χ1n) is 7.15. The third-order valence-corrected chi connectivity index (χ3v) is 3.69. The molecule has 1 aromatic rings. The highest BCUT2D eigenvalue weighted by molar-refractivity contribution is 5.25. The van der Waals surface area contributed by atoms with Crippen molar-refractivity contribution in [3.05, 3.63) is 35.4 Å². The number of benzene rings is 1. The summed E-state index contributed by atoms with van der Waals surface area (Å²) in [6, 6.07) is 9.41. The smallest absolute Gasteiger partial charge is 0.0512 e. The second-order valence-electron chi connectivity index (χ2n) is 5.67. The average molecular weight is 247 g/mol. The number of aryl methyl sites for hydroxylation is 1. The fraction of sp³-hybridized carbons (Fsp3) is 0.625. The first kappa shape index (κ1) is 13.6. The normalized spacial score (nSPS) is 18.6. The van der Waals surface area contributed by atoms with Gasteiger partial charge in [-0.25, -0.2) is 0 Å². The van der Waals surface area contributed by atoms with Crippen molar-refractivity contribution in [2.75, 3.05) is 6.54 Å². The lowest BCUT2D eigenvalue weighted by atomic mass is 10.0. The maximum atomic E-state index is 9.26. The van der Waals surface area contributed by atoms with Gasteiger partial charge in [-0.05, 0) is 57.6 Å². The van der Waals surface area contributed by atoms with Crippen LogP contribution in [0.5, 0.6) is 0 Å². The molecule has 0 heterocycles. The van der Waals surface area contributed by atoms with Crippen molar-refractivity contribution in [1.82, 2.24) is 5.32 Å². The number of rotatable bonds is 7. The first-order valence-corrected chi connectivity index (χ1v) is 7.15. The molecule has 2 N–H and O–H groups in total. The highest BCUT2D eigenvalue weighted by atomic mass is 16.3. The second kappa shape index (κ2) is 6.35. The SMILES string of the molecule is Cc1ccc(C(NCCCC(C)O)C2CC2)cc1. The van der Waals surface area contributed by atoms with Gasteiger partial charge in [-0.1, -0.05) is 29.8 Å². The van der Waals surface area contributed by atoms with Crippen molar-refractivity contribution < 1.29 is 5.11 Å². The highest BCUT2D eigenvalue weighted by Crippen LogP contribution is 2.40. The van der Waals surface area contributed by atoms with Crippen molar-refractivity contribution in [2.24, 2.45) is 5.92 Å². The van der Waals surface area contributed by atoms with Crippen molar-refractivity contribution in [2.45, 2.75) is 51.7 Å². The van der Waals surface area contributed by atoms with E-state index >= 15 is 0 Å². The van der Waals surface area contributed by atoms with E-state index in [4.69, 9.17) is 0 Å². The Kier molecular flexibility index (Phi) is 4.79. The van der Waals surface area contributed by atoms with Crippen LogP contribution < -0.4 is 5.32 Å². The molecular formula is C16H25NO. The Morgan fingerprint density at radius 2 is 1.94 bits per heavy atom. The molecule has 2 atom stereocenters. The Labute approximate surface area is 110 Å². The Hall–Kier alpha value is -0.860. The molecule has 2 nitrogen and oxygen atoms in total. The molecule has 100 valence electrons. The summed E-state index contributed by atoms with van der Waals surface area (Å²) < 4.78 is 0. The zero-order valence-corrected chi connectivity index (χ0v) is 11.5. The average Bonchev–Trinajstić information content (AvgIpc) is 3.15. The molecule has 2 heteroatoms. The van der Waals surface area contributed by atoms with Gasteiger partial charge in [0.2, 0.25) is 0 Å². The summed E-state index contributed by atoms with van der Waals surface area (Å²) in [5, 5.41) is 12.9. The third kappa shape index (κ3) is 4.11. The van der Waals surface area contributed by atoms with Crippen molar-refractivity contribution in [3.8, 4) is 0 Å². The van der Waals surface area contributed by atoms with Gasteiger partial charge in [0.05, 0.1) is 6.10 Å². The molecule has 1 fully saturated rings. The van der Waals surface area contributed by atoms with E-state index in [1.165, 1.54) is 24.0 Å². The second-order valence-corrected chi connectivity index (χ2v) is 5.67. The Morgan fingerprint density at radius 3 is 2.50 bits per heavy atom. The van der Waals surface area contributed by atoms with E-state index in [-0.39, 0.29) is 6.10 Å². The number of nitrogens with one attached hydrogen (secondary N) is 1. The quantitative estimate of drug-likeness (QED) is 0.725. The lowest BCUT2D eigenvalue weighted by Gasteiger charge is -2.19. The van der Waals surface area contributed by atoms with Gasteiger partial charge in [0.25, 0.3) is 0 Å². The highest BCUT2D eigenvalue weighted by Gasteiger charge is 2.31. The maximum absolute atomic E-state index is 9.26. The third-order valence-electron chi connectivity index (χ3n) is 3.69. The van der Waals surface area contributed by atoms with E-state index < -0.39 is 0 Å². The van der Waals surface area contributed by atoms with Gasteiger partial charge < -0.3 is 10.4 Å². The summed E-state index contributed by atoms with van der Waals surface area (Å²) in [5.74, 6) is 0.819. The predicted octanol–water partition coefficient (Wildman–Crippen LogP) is 3.20. The number of aliphatic hydroxyl groups is 1. The lowest BCUT2D eigenvalue weighted by molar-refractivity contribution is 0.180. The van der Waals surface area contributed by atoms with Crippen molar-refractivity contribution in [3.63, 3.8) is 0 Å². The van der Waals surface area contributed by atoms with E-state index in [1.54, 1.807) is 0 Å². The minimum absolute atomic E-state index is 0.175. The van der Waals surface area contributed by atoms with Crippen LogP contribution in [0.2, 0.25) is 0 Å². The van der Waals surface area contributed by atoms with Gasteiger partial charge in [-0.2, -0.15) is 0 Å². The molecule has 2 rings (SSSR count). The van der Waals surface area contributed by atoms with Gasteiger partial charge in [0.1, 0.15) is 0 Å². The number of hydrogen-bond acceptors (Lipinski definition) is 2. The van der Waals surface area contributed by atoms with Crippen LogP contribution in [0.1, 0.15) is 49.8 Å². The van der Waals surface area contributed by atoms with Gasteiger partial charge >= 0.3 is 0 Å². The maximum Gasteiger partial charge on any atom is 0.0512 e. The molecule has 1 aliphatic carbocycles. The molecule has 0 saturated heterocycles. The van der Waals surface area contributed by atoms with Crippen LogP contribution in [0, 0.1) is 12.8 Å². The molecule has 1 aromatic carbocycles. The van der Waals surface area contributed by atoms with Crippen LogP contribution in [0.25, 0.3) is 0 Å². The molecular weight excluding hydrogens is 222 g/mol. The summed E-state index contributed by atoms with van der Waals surface area (Å²) in [5.41, 5.74) is 2.74. The van der Waals surface area contributed by atoms with Gasteiger partial charge in [-0.15, -0.1) is 0 Å². The fourth-order valence-corrected chi connectivity index (χ4v) is 2.42. The van der Waals surface area contributed by atoms with E-state index in [0.717, 1.165) is 25.3 Å². The van der Waals surface area contributed by atoms with Crippen LogP contribution in [-0.2, 0) is 0 Å². The molecule has 0 radical (unpaired) electrons. The Balaban J connectivity index is 1.86. The summed E-state index contributed by atoms with van der Waals surface area (Å²) in [7, 11) is 0. The Bertz CT molecular complexity index is 354. The van der Waals surface area contributed by atoms with E-state index in [0.29, 0.717) is 6.04 Å². The molecule has 0 spiro atoms. The predicted molar refractivity (Wildman–Crippen MR) is 75.6 cm³/mol. The molecule has 1 saturated carbocycles. The molecule has 0 aromatic heterocycles. The van der Waals surface area contributed by atoms with E-state index in [1.807, 2.05) is 6.92 Å². The summed E-state index contributed by atoms with van der Waals surface area (Å²) >= 11 is 0. The van der Waals surface area contributed by atoms with Crippen molar-refractivity contribution >= 4 is 0 Å². The zero-order chi connectivity index (χ0) is 13.0. The summed E-state index contributed by atoms with van der Waals surface area (Å²) in [6.07, 6.45) is 4.46. The standard InChI is InChI=1S/C16H25NO/c1-12-5-7-14(8-6-12)16(15-9-10-15)17-11-3-4-13(2)18/h5-8,13,15-18H,3-4,9-11H2,1-2H3. The molecule has 18 heavy (non-hydrogen) atoms. The molecule has 2 unspecified atom stereocenters. The van der Waals surface area contributed by atoms with E-state index in [2.05, 4.69) is 36.5 Å². The zero-order valence-electron chi connectivity index (χ0n) is 11.5. The minimum Gasteiger partial charge on any atom is -0.393 e. The van der Waals surface area contributed by atoms with Crippen molar-refractivity contribution in [1.29, 1.82) is 0 Å². The van der Waals surface area contributed by atoms with Crippen LogP contribution in [-0.4, -0.2) is 17.8 Å². The number of hydrogen-bond donors (Lipinski definition) is 2. The van der Waals surface area contributed by atoms with Gasteiger partial charge in [0, 0.05) is 6.04 Å². The first-order chi connectivity index (χ1) is 8.66. The molecule has 0 amide bonds. The minimum atomic E-state index is -0.175. The fourth-order valence-electron chi connectivity index (χ4n) is 2.42. The molecule has 0 bridgehead atoms. The van der Waals surface area contributed by atoms with Gasteiger partial charge in [0.15, 0.2) is 0 Å². The molecule has 0 aliphatic heterocycles. The topological polar surface area (TPSA) is 32.3 Å². The lowest BCUT2D eigenvalue weighted by Crippen LogP contribution is -2.24. The molecule has 1 aliphatic rings. The monoisotopic (exact) mass is 247 g/mol. The Morgan fingerprint density at radius 1 is 1.28 bits per heavy atom. The van der Waals surface area contributed by atoms with Crippen LogP contribution >= 0.6 is 0 Å². The van der Waals surface area contributed by atoms with Crippen LogP contribution in [0.15, 0.2) is 24.3 Å². The number of aliphatic hydroxyl groups excluding tert-OH is 1. The van der Waals surface area contributed by atoms with Gasteiger partial charge in [-0.3, -0.25) is 0 Å². The van der Waals surface area contributed by atoms with Crippen LogP contribution in [0.3, 0.4) is 0 Å². The summed E-state index contributed by atoms with van der Waals surface area (Å²) in [6.45, 7) is 4.99. The van der Waals surface area contributed by atoms with E-state index in [9.17, 15) is 5.11 Å². The largest absolute Gasteiger partial charge is 0.393 e.